The number of rotatable bonds is 8. The van der Waals surface area contributed by atoms with Crippen LogP contribution in [-0.4, -0.2) is 44.7 Å². The Morgan fingerprint density at radius 1 is 1.03 bits per heavy atom. The summed E-state index contributed by atoms with van der Waals surface area (Å²) in [4.78, 5) is 16.4. The Bertz CT molecular complexity index is 1330. The van der Waals surface area contributed by atoms with Crippen molar-refractivity contribution in [1.29, 1.82) is 0 Å². The molecule has 0 saturated carbocycles. The molecule has 0 unspecified atom stereocenters. The van der Waals surface area contributed by atoms with Gasteiger partial charge in [0.25, 0.3) is 5.91 Å². The number of methoxy groups -OCH3 is 1. The number of hydrogen-bond acceptors (Lipinski definition) is 7. The van der Waals surface area contributed by atoms with Crippen LogP contribution in [0.25, 0.3) is 17.1 Å². The molecular formula is C27H28N6O2S. The number of aromatic nitrogens is 4. The van der Waals surface area contributed by atoms with E-state index in [9.17, 15) is 4.79 Å². The van der Waals surface area contributed by atoms with Crippen molar-refractivity contribution in [2.75, 3.05) is 12.9 Å². The van der Waals surface area contributed by atoms with Crippen molar-refractivity contribution in [1.82, 2.24) is 25.2 Å². The lowest BCUT2D eigenvalue weighted by atomic mass is 9.87. The third-order valence-corrected chi connectivity index (χ3v) is 6.34. The Kier molecular flexibility index (Phi) is 7.80. The highest BCUT2D eigenvalue weighted by Gasteiger charge is 2.19. The van der Waals surface area contributed by atoms with Gasteiger partial charge in [-0.3, -0.25) is 14.3 Å². The highest BCUT2D eigenvalue weighted by Crippen LogP contribution is 2.30. The molecule has 8 nitrogen and oxygen atoms in total. The average Bonchev–Trinajstić information content (AvgIpc) is 3.31. The third kappa shape index (κ3) is 6.17. The molecule has 2 aromatic heterocycles. The summed E-state index contributed by atoms with van der Waals surface area (Å²) in [5.41, 5.74) is 6.49. The van der Waals surface area contributed by atoms with Gasteiger partial charge in [-0.05, 0) is 52.9 Å². The summed E-state index contributed by atoms with van der Waals surface area (Å²) >= 11 is 1.29. The van der Waals surface area contributed by atoms with Gasteiger partial charge in [-0.1, -0.05) is 56.8 Å². The fourth-order valence-corrected chi connectivity index (χ4v) is 4.17. The lowest BCUT2D eigenvalue weighted by Crippen LogP contribution is -2.20. The first-order valence-electron chi connectivity index (χ1n) is 11.4. The van der Waals surface area contributed by atoms with E-state index in [0.29, 0.717) is 11.0 Å². The van der Waals surface area contributed by atoms with Crippen molar-refractivity contribution in [3.8, 4) is 22.8 Å². The van der Waals surface area contributed by atoms with Crippen molar-refractivity contribution in [2.45, 2.75) is 31.3 Å². The summed E-state index contributed by atoms with van der Waals surface area (Å²) in [6.45, 7) is 6.55. The van der Waals surface area contributed by atoms with Crippen LogP contribution in [0.3, 0.4) is 0 Å². The summed E-state index contributed by atoms with van der Waals surface area (Å²) in [6.07, 6.45) is 4.90. The second kappa shape index (κ2) is 11.2. The number of nitrogens with zero attached hydrogens (tertiary/aromatic N) is 5. The predicted molar refractivity (Wildman–Crippen MR) is 143 cm³/mol. The molecule has 2 heterocycles. The molecule has 2 aromatic carbocycles. The van der Waals surface area contributed by atoms with Crippen molar-refractivity contribution in [2.24, 2.45) is 5.10 Å². The van der Waals surface area contributed by atoms with Gasteiger partial charge in [-0.15, -0.1) is 10.2 Å². The van der Waals surface area contributed by atoms with Gasteiger partial charge in [-0.2, -0.15) is 5.10 Å². The van der Waals surface area contributed by atoms with E-state index in [2.05, 4.69) is 70.7 Å². The number of hydrazone groups is 1. The van der Waals surface area contributed by atoms with E-state index in [1.165, 1.54) is 17.3 Å². The van der Waals surface area contributed by atoms with Gasteiger partial charge in [0, 0.05) is 23.6 Å². The number of amides is 1. The van der Waals surface area contributed by atoms with E-state index in [1.54, 1.807) is 37.9 Å². The molecule has 9 heteroatoms. The third-order valence-electron chi connectivity index (χ3n) is 5.41. The molecule has 1 amide bonds. The van der Waals surface area contributed by atoms with Gasteiger partial charge >= 0.3 is 0 Å². The van der Waals surface area contributed by atoms with Gasteiger partial charge in [0.1, 0.15) is 5.75 Å². The average molecular weight is 501 g/mol. The lowest BCUT2D eigenvalue weighted by molar-refractivity contribution is -0.118. The Labute approximate surface area is 214 Å². The second-order valence-electron chi connectivity index (χ2n) is 9.03. The lowest BCUT2D eigenvalue weighted by Gasteiger charge is -2.19. The molecule has 4 aromatic rings. The SMILES string of the molecule is COc1ccc(-n2c(SCC(=O)NN=Cc3ccncc3)nnc2-c2ccc(C(C)(C)C)cc2)cc1. The van der Waals surface area contributed by atoms with E-state index >= 15 is 0 Å². The van der Waals surface area contributed by atoms with Gasteiger partial charge in [-0.25, -0.2) is 5.43 Å². The highest BCUT2D eigenvalue weighted by atomic mass is 32.2. The largest absolute Gasteiger partial charge is 0.497 e. The van der Waals surface area contributed by atoms with E-state index in [1.807, 2.05) is 28.8 Å². The fraction of sp³-hybridized carbons (Fsp3) is 0.222. The number of pyridine rings is 1. The van der Waals surface area contributed by atoms with Crippen LogP contribution in [-0.2, 0) is 10.2 Å². The normalized spacial score (nSPS) is 11.6. The number of ether oxygens (including phenoxy) is 1. The minimum absolute atomic E-state index is 0.0520. The standard InChI is InChI=1S/C27H28N6O2S/c1-27(2,3)21-7-5-20(6-8-21)25-31-32-26(33(25)22-9-11-23(35-4)12-10-22)36-18-24(34)30-29-17-19-13-15-28-16-14-19/h5-17H,18H2,1-4H3,(H,30,34). The molecule has 0 aliphatic heterocycles. The molecule has 0 saturated heterocycles. The molecule has 0 spiro atoms. The van der Waals surface area contributed by atoms with Gasteiger partial charge in [0.2, 0.25) is 0 Å². The molecule has 4 rings (SSSR count). The van der Waals surface area contributed by atoms with Crippen LogP contribution >= 0.6 is 11.8 Å². The number of benzene rings is 2. The van der Waals surface area contributed by atoms with Crippen molar-refractivity contribution < 1.29 is 9.53 Å². The van der Waals surface area contributed by atoms with Crippen LogP contribution in [0.2, 0.25) is 0 Å². The zero-order valence-corrected chi connectivity index (χ0v) is 21.5. The first kappa shape index (κ1) is 25.1. The molecule has 0 atom stereocenters. The van der Waals surface area contributed by atoms with E-state index in [4.69, 9.17) is 4.74 Å². The van der Waals surface area contributed by atoms with Crippen molar-refractivity contribution in [3.63, 3.8) is 0 Å². The first-order chi connectivity index (χ1) is 17.3. The van der Waals surface area contributed by atoms with E-state index in [-0.39, 0.29) is 17.1 Å². The number of thioether (sulfide) groups is 1. The van der Waals surface area contributed by atoms with E-state index < -0.39 is 0 Å². The molecule has 0 bridgehead atoms. The molecule has 0 aliphatic rings. The summed E-state index contributed by atoms with van der Waals surface area (Å²) in [7, 11) is 1.63. The van der Waals surface area contributed by atoms with E-state index in [0.717, 1.165) is 22.6 Å². The fourth-order valence-electron chi connectivity index (χ4n) is 3.42. The summed E-state index contributed by atoms with van der Waals surface area (Å²) < 4.78 is 7.26. The van der Waals surface area contributed by atoms with Crippen LogP contribution in [0.4, 0.5) is 0 Å². The predicted octanol–water partition coefficient (Wildman–Crippen LogP) is 4.88. The maximum Gasteiger partial charge on any atom is 0.250 e. The summed E-state index contributed by atoms with van der Waals surface area (Å²) in [5, 5.41) is 13.5. The maximum absolute atomic E-state index is 12.4. The number of carbonyl (C=O) groups is 1. The Balaban J connectivity index is 1.56. The second-order valence-corrected chi connectivity index (χ2v) is 9.97. The molecule has 0 fully saturated rings. The molecule has 1 N–H and O–H groups in total. The van der Waals surface area contributed by atoms with Crippen molar-refractivity contribution in [3.05, 3.63) is 84.2 Å². The molecule has 0 radical (unpaired) electrons. The number of hydrogen-bond donors (Lipinski definition) is 1. The molecule has 36 heavy (non-hydrogen) atoms. The maximum atomic E-state index is 12.4. The molecular weight excluding hydrogens is 472 g/mol. The minimum Gasteiger partial charge on any atom is -0.497 e. The Morgan fingerprint density at radius 2 is 1.72 bits per heavy atom. The number of nitrogens with one attached hydrogen (secondary N) is 1. The van der Waals surface area contributed by atoms with Gasteiger partial charge in [0.15, 0.2) is 11.0 Å². The zero-order chi connectivity index (χ0) is 25.5. The van der Waals surface area contributed by atoms with Crippen LogP contribution in [0.5, 0.6) is 5.75 Å². The smallest absolute Gasteiger partial charge is 0.250 e. The summed E-state index contributed by atoms with van der Waals surface area (Å²) in [6, 6.07) is 19.6. The highest BCUT2D eigenvalue weighted by molar-refractivity contribution is 7.99. The monoisotopic (exact) mass is 500 g/mol. The van der Waals surface area contributed by atoms with Crippen LogP contribution in [0.1, 0.15) is 31.9 Å². The number of carbonyl (C=O) groups excluding carboxylic acids is 1. The van der Waals surface area contributed by atoms with Crippen LogP contribution in [0, 0.1) is 0 Å². The quantitative estimate of drug-likeness (QED) is 0.211. The zero-order valence-electron chi connectivity index (χ0n) is 20.7. The molecule has 0 aliphatic carbocycles. The Morgan fingerprint density at radius 3 is 2.36 bits per heavy atom. The van der Waals surface area contributed by atoms with Gasteiger partial charge in [0.05, 0.1) is 19.1 Å². The van der Waals surface area contributed by atoms with Gasteiger partial charge < -0.3 is 4.74 Å². The summed E-state index contributed by atoms with van der Waals surface area (Å²) in [5.74, 6) is 1.33. The van der Waals surface area contributed by atoms with Crippen LogP contribution in [0.15, 0.2) is 83.3 Å². The van der Waals surface area contributed by atoms with Crippen LogP contribution < -0.4 is 10.2 Å². The topological polar surface area (TPSA) is 94.3 Å². The Hall–Kier alpha value is -3.98. The van der Waals surface area contributed by atoms with Crippen molar-refractivity contribution >= 4 is 23.9 Å². The molecule has 184 valence electrons. The minimum atomic E-state index is -0.245. The first-order valence-corrected chi connectivity index (χ1v) is 12.4.